The summed E-state index contributed by atoms with van der Waals surface area (Å²) in [6.07, 6.45) is -0.373. The molecule has 0 aromatic heterocycles. The molecule has 212 valence electrons. The third-order valence-corrected chi connectivity index (χ3v) is 9.93. The van der Waals surface area contributed by atoms with Crippen molar-refractivity contribution in [2.45, 2.75) is 49.5 Å². The second-order valence-corrected chi connectivity index (χ2v) is 14.2. The minimum atomic E-state index is -4.43. The van der Waals surface area contributed by atoms with Gasteiger partial charge in [0, 0.05) is 24.0 Å². The summed E-state index contributed by atoms with van der Waals surface area (Å²) in [4.78, 5) is 29.7. The second-order valence-electron chi connectivity index (χ2n) is 9.75. The number of hydrogen-bond acceptors (Lipinski definition) is 6. The molecule has 15 heteroatoms. The number of nitrogens with one attached hydrogen (secondary N) is 1. The molecular formula is C24H27Cl2FN4O6S2. The van der Waals surface area contributed by atoms with Crippen LogP contribution in [0.5, 0.6) is 0 Å². The van der Waals surface area contributed by atoms with Gasteiger partial charge in [-0.3, -0.25) is 9.59 Å². The van der Waals surface area contributed by atoms with Gasteiger partial charge in [-0.15, -0.1) is 0 Å². The molecule has 2 aliphatic rings. The Morgan fingerprint density at radius 3 is 2.21 bits per heavy atom. The molecule has 3 atom stereocenters. The van der Waals surface area contributed by atoms with Crippen LogP contribution in [0.3, 0.4) is 0 Å². The zero-order valence-electron chi connectivity index (χ0n) is 21.2. The first-order chi connectivity index (χ1) is 18.1. The molecule has 2 heterocycles. The van der Waals surface area contributed by atoms with Crippen molar-refractivity contribution in [1.82, 2.24) is 18.8 Å². The largest absolute Gasteiger partial charge is 0.335 e. The number of sulfonamides is 2. The highest BCUT2D eigenvalue weighted by Crippen LogP contribution is 2.35. The van der Waals surface area contributed by atoms with Crippen molar-refractivity contribution in [2.24, 2.45) is 0 Å². The lowest BCUT2D eigenvalue weighted by molar-refractivity contribution is -0.168. The highest BCUT2D eigenvalue weighted by atomic mass is 35.5. The van der Waals surface area contributed by atoms with Crippen LogP contribution < -0.4 is 4.72 Å². The Labute approximate surface area is 236 Å². The lowest BCUT2D eigenvalue weighted by atomic mass is 9.96. The molecule has 2 amide bonds. The normalized spacial score (nSPS) is 22.9. The minimum Gasteiger partial charge on any atom is -0.335 e. The van der Waals surface area contributed by atoms with Crippen molar-refractivity contribution in [3.05, 3.63) is 63.9 Å². The van der Waals surface area contributed by atoms with E-state index >= 15 is 0 Å². The van der Waals surface area contributed by atoms with E-state index in [9.17, 15) is 30.8 Å². The maximum Gasteiger partial charge on any atom is 0.246 e. The third kappa shape index (κ3) is 6.08. The van der Waals surface area contributed by atoms with Crippen molar-refractivity contribution in [2.75, 3.05) is 19.3 Å². The van der Waals surface area contributed by atoms with Crippen LogP contribution in [0.15, 0.2) is 47.4 Å². The number of amides is 2. The van der Waals surface area contributed by atoms with Gasteiger partial charge in [0.15, 0.2) is 0 Å². The van der Waals surface area contributed by atoms with Gasteiger partial charge in [0.25, 0.3) is 0 Å². The molecule has 0 bridgehead atoms. The van der Waals surface area contributed by atoms with Gasteiger partial charge in [-0.2, -0.15) is 4.31 Å². The summed E-state index contributed by atoms with van der Waals surface area (Å²) >= 11 is 12.2. The highest BCUT2D eigenvalue weighted by Gasteiger charge is 2.54. The molecule has 2 fully saturated rings. The fourth-order valence-electron chi connectivity index (χ4n) is 4.87. The molecule has 2 aromatic rings. The van der Waals surface area contributed by atoms with Crippen LogP contribution in [0.1, 0.15) is 19.4 Å². The number of fused-ring (bicyclic) bond motifs is 1. The van der Waals surface area contributed by atoms with Gasteiger partial charge in [0.1, 0.15) is 29.0 Å². The van der Waals surface area contributed by atoms with Crippen molar-refractivity contribution >= 4 is 55.1 Å². The third-order valence-electron chi connectivity index (χ3n) is 6.64. The number of halogens is 3. The van der Waals surface area contributed by atoms with Crippen LogP contribution in [0.25, 0.3) is 0 Å². The van der Waals surface area contributed by atoms with E-state index in [-0.39, 0.29) is 33.9 Å². The van der Waals surface area contributed by atoms with E-state index in [0.29, 0.717) is 5.56 Å². The first-order valence-corrected chi connectivity index (χ1v) is 16.0. The molecule has 2 aromatic carbocycles. The van der Waals surface area contributed by atoms with Crippen LogP contribution in [0.2, 0.25) is 10.0 Å². The van der Waals surface area contributed by atoms with Crippen molar-refractivity contribution in [3.63, 3.8) is 0 Å². The average molecular weight is 622 g/mol. The maximum atomic E-state index is 14.0. The van der Waals surface area contributed by atoms with Gasteiger partial charge in [0.05, 0.1) is 17.8 Å². The first-order valence-electron chi connectivity index (χ1n) is 11.9. The van der Waals surface area contributed by atoms with Crippen LogP contribution in [-0.4, -0.2) is 86.4 Å². The van der Waals surface area contributed by atoms with Gasteiger partial charge in [-0.1, -0.05) is 35.3 Å². The summed E-state index contributed by atoms with van der Waals surface area (Å²) < 4.78 is 69.0. The smallest absolute Gasteiger partial charge is 0.246 e. The van der Waals surface area contributed by atoms with E-state index < -0.39 is 62.5 Å². The van der Waals surface area contributed by atoms with Gasteiger partial charge in [0.2, 0.25) is 31.9 Å². The van der Waals surface area contributed by atoms with Crippen LogP contribution in [0.4, 0.5) is 4.39 Å². The minimum absolute atomic E-state index is 0.0498. The summed E-state index contributed by atoms with van der Waals surface area (Å²) in [6.45, 7) is 2.84. The van der Waals surface area contributed by atoms with Gasteiger partial charge in [-0.05, 0) is 49.7 Å². The standard InChI is InChI=1S/C24H27Cl2FN4O6S2/c1-14(2)29-13-22-30(39(36,37)21-9-6-16(25)11-18(21)26)12-19(28-38(3,34)35)23(32)31(22)20(24(29)33)10-15-4-7-17(27)8-5-15/h4-9,11,14,19-20,22,28H,10,12-13H2,1-3H3. The zero-order chi connectivity index (χ0) is 28.9. The number of carbonyl (C=O) groups is 2. The van der Waals surface area contributed by atoms with Gasteiger partial charge in [-0.25, -0.2) is 25.9 Å². The Balaban J connectivity index is 1.87. The molecule has 0 aliphatic carbocycles. The fourth-order valence-corrected chi connectivity index (χ4v) is 7.90. The molecule has 3 unspecified atom stereocenters. The molecular weight excluding hydrogens is 594 g/mol. The monoisotopic (exact) mass is 620 g/mol. The SMILES string of the molecule is CC(C)N1CC2N(C(=O)C(NS(C)(=O)=O)CN2S(=O)(=O)c2ccc(Cl)cc2Cl)C(Cc2ccc(F)cc2)C1=O. The lowest BCUT2D eigenvalue weighted by Gasteiger charge is -2.54. The molecule has 0 saturated carbocycles. The average Bonchev–Trinajstić information content (AvgIpc) is 2.82. The van der Waals surface area contributed by atoms with Gasteiger partial charge >= 0.3 is 0 Å². The zero-order valence-corrected chi connectivity index (χ0v) is 24.4. The number of benzene rings is 2. The first kappa shape index (κ1) is 29.7. The number of rotatable bonds is 7. The van der Waals surface area contributed by atoms with Gasteiger partial charge < -0.3 is 9.80 Å². The molecule has 39 heavy (non-hydrogen) atoms. The van der Waals surface area contributed by atoms with E-state index in [2.05, 4.69) is 4.72 Å². The van der Waals surface area contributed by atoms with Crippen molar-refractivity contribution < 1.29 is 30.8 Å². The fraction of sp³-hybridized carbons (Fsp3) is 0.417. The van der Waals surface area contributed by atoms with Crippen molar-refractivity contribution in [1.29, 1.82) is 0 Å². The van der Waals surface area contributed by atoms with E-state index in [4.69, 9.17) is 23.2 Å². The van der Waals surface area contributed by atoms with E-state index in [1.165, 1.54) is 47.4 Å². The van der Waals surface area contributed by atoms with Crippen LogP contribution in [0, 0.1) is 5.82 Å². The Morgan fingerprint density at radius 1 is 1.00 bits per heavy atom. The predicted molar refractivity (Wildman–Crippen MR) is 143 cm³/mol. The Kier molecular flexibility index (Phi) is 8.33. The number of carbonyl (C=O) groups excluding carboxylic acids is 2. The Bertz CT molecular complexity index is 1500. The van der Waals surface area contributed by atoms with Crippen LogP contribution >= 0.6 is 23.2 Å². The summed E-state index contributed by atoms with van der Waals surface area (Å²) in [7, 11) is -8.39. The summed E-state index contributed by atoms with van der Waals surface area (Å²) in [5.74, 6) is -1.68. The molecule has 2 aliphatic heterocycles. The maximum absolute atomic E-state index is 14.0. The molecule has 10 nitrogen and oxygen atoms in total. The molecule has 0 spiro atoms. The summed E-state index contributed by atoms with van der Waals surface area (Å²) in [5.41, 5.74) is 0.528. The topological polar surface area (TPSA) is 124 Å². The molecule has 4 rings (SSSR count). The summed E-state index contributed by atoms with van der Waals surface area (Å²) in [5, 5.41) is 0.0497. The molecule has 0 radical (unpaired) electrons. The second kappa shape index (κ2) is 10.9. The highest BCUT2D eigenvalue weighted by molar-refractivity contribution is 7.89. The van der Waals surface area contributed by atoms with E-state index in [0.717, 1.165) is 15.5 Å². The molecule has 2 saturated heterocycles. The van der Waals surface area contributed by atoms with Crippen molar-refractivity contribution in [3.8, 4) is 0 Å². The summed E-state index contributed by atoms with van der Waals surface area (Å²) in [6, 6.07) is 6.16. The lowest BCUT2D eigenvalue weighted by Crippen LogP contribution is -2.76. The Hall–Kier alpha value is -2.29. The predicted octanol–water partition coefficient (Wildman–Crippen LogP) is 2.07. The Morgan fingerprint density at radius 2 is 1.64 bits per heavy atom. The van der Waals surface area contributed by atoms with E-state index in [1.54, 1.807) is 13.8 Å². The number of piperazine rings is 1. The molecule has 1 N–H and O–H groups in total. The number of nitrogens with zero attached hydrogens (tertiary/aromatic N) is 3. The number of hydrogen-bond donors (Lipinski definition) is 1. The quantitative estimate of drug-likeness (QED) is 0.505. The van der Waals surface area contributed by atoms with Crippen LogP contribution in [-0.2, 0) is 36.1 Å². The van der Waals surface area contributed by atoms with E-state index in [1.807, 2.05) is 0 Å².